The summed E-state index contributed by atoms with van der Waals surface area (Å²) in [4.78, 5) is 23.5. The minimum absolute atomic E-state index is 0.0745. The average Bonchev–Trinajstić information content (AvgIpc) is 2.82. The van der Waals surface area contributed by atoms with Crippen molar-refractivity contribution in [1.29, 1.82) is 0 Å². The van der Waals surface area contributed by atoms with Gasteiger partial charge in [0.1, 0.15) is 5.69 Å². The number of nitrogens with one attached hydrogen (secondary N) is 1. The molecular weight excluding hydrogens is 305 g/mol. The second-order valence-corrected chi connectivity index (χ2v) is 4.54. The SMILES string of the molecule is COC(=O)CCc1c(C(F)(F)F)[nH]c2ccc([N+](=O)[O-])cc12. The van der Waals surface area contributed by atoms with Crippen molar-refractivity contribution >= 4 is 22.6 Å². The van der Waals surface area contributed by atoms with Gasteiger partial charge in [-0.25, -0.2) is 0 Å². The average molecular weight is 316 g/mol. The van der Waals surface area contributed by atoms with Gasteiger partial charge in [-0.15, -0.1) is 0 Å². The minimum atomic E-state index is -4.65. The molecule has 22 heavy (non-hydrogen) atoms. The number of halogens is 3. The van der Waals surface area contributed by atoms with E-state index >= 15 is 0 Å². The summed E-state index contributed by atoms with van der Waals surface area (Å²) in [6.45, 7) is 0. The van der Waals surface area contributed by atoms with Crippen molar-refractivity contribution in [2.75, 3.05) is 7.11 Å². The molecule has 0 amide bonds. The summed E-state index contributed by atoms with van der Waals surface area (Å²) in [5.41, 5.74) is -1.39. The highest BCUT2D eigenvalue weighted by atomic mass is 19.4. The van der Waals surface area contributed by atoms with Gasteiger partial charge in [0.2, 0.25) is 0 Å². The van der Waals surface area contributed by atoms with Crippen molar-refractivity contribution < 1.29 is 27.6 Å². The van der Waals surface area contributed by atoms with Gasteiger partial charge in [-0.1, -0.05) is 0 Å². The lowest BCUT2D eigenvalue weighted by Gasteiger charge is -2.07. The summed E-state index contributed by atoms with van der Waals surface area (Å²) < 4.78 is 43.6. The van der Waals surface area contributed by atoms with Crippen LogP contribution in [0.5, 0.6) is 0 Å². The number of aromatic nitrogens is 1. The Bertz CT molecular complexity index is 737. The maximum Gasteiger partial charge on any atom is 0.431 e. The van der Waals surface area contributed by atoms with Gasteiger partial charge in [-0.2, -0.15) is 13.2 Å². The Balaban J connectivity index is 2.57. The van der Waals surface area contributed by atoms with E-state index in [1.807, 2.05) is 0 Å². The number of esters is 1. The maximum absolute atomic E-state index is 13.1. The van der Waals surface area contributed by atoms with Gasteiger partial charge in [0.25, 0.3) is 5.69 Å². The lowest BCUT2D eigenvalue weighted by Crippen LogP contribution is -2.10. The number of alkyl halides is 3. The van der Waals surface area contributed by atoms with Gasteiger partial charge in [0.05, 0.1) is 12.0 Å². The van der Waals surface area contributed by atoms with Crippen LogP contribution in [0.1, 0.15) is 17.7 Å². The molecule has 2 rings (SSSR count). The quantitative estimate of drug-likeness (QED) is 0.533. The molecule has 0 unspecified atom stereocenters. The van der Waals surface area contributed by atoms with E-state index in [1.54, 1.807) is 0 Å². The van der Waals surface area contributed by atoms with Gasteiger partial charge < -0.3 is 9.72 Å². The van der Waals surface area contributed by atoms with Crippen molar-refractivity contribution in [3.63, 3.8) is 0 Å². The molecule has 0 radical (unpaired) electrons. The van der Waals surface area contributed by atoms with Crippen LogP contribution in [0.2, 0.25) is 0 Å². The smallest absolute Gasteiger partial charge is 0.431 e. The first-order valence-corrected chi connectivity index (χ1v) is 6.17. The van der Waals surface area contributed by atoms with E-state index in [9.17, 15) is 28.1 Å². The molecule has 1 aromatic heterocycles. The normalized spacial score (nSPS) is 11.6. The Labute approximate surface area is 122 Å². The van der Waals surface area contributed by atoms with E-state index in [0.29, 0.717) is 0 Å². The van der Waals surface area contributed by atoms with Gasteiger partial charge in [-0.3, -0.25) is 14.9 Å². The Morgan fingerprint density at radius 3 is 2.64 bits per heavy atom. The molecule has 9 heteroatoms. The zero-order valence-corrected chi connectivity index (χ0v) is 11.4. The third-order valence-electron chi connectivity index (χ3n) is 3.19. The largest absolute Gasteiger partial charge is 0.469 e. The van der Waals surface area contributed by atoms with Crippen LogP contribution in [0, 0.1) is 10.1 Å². The van der Waals surface area contributed by atoms with Gasteiger partial charge in [0, 0.05) is 29.5 Å². The molecule has 2 aromatic rings. The minimum Gasteiger partial charge on any atom is -0.469 e. The van der Waals surface area contributed by atoms with E-state index in [-0.39, 0.29) is 35.0 Å². The molecule has 0 bridgehead atoms. The summed E-state index contributed by atoms with van der Waals surface area (Å²) in [5.74, 6) is -0.659. The third-order valence-corrected chi connectivity index (χ3v) is 3.19. The van der Waals surface area contributed by atoms with Crippen LogP contribution < -0.4 is 0 Å². The molecule has 0 fully saturated rings. The highest BCUT2D eigenvalue weighted by Crippen LogP contribution is 2.37. The molecule has 1 N–H and O–H groups in total. The fourth-order valence-corrected chi connectivity index (χ4v) is 2.18. The van der Waals surface area contributed by atoms with Crippen molar-refractivity contribution in [2.24, 2.45) is 0 Å². The fourth-order valence-electron chi connectivity index (χ4n) is 2.18. The summed E-state index contributed by atoms with van der Waals surface area (Å²) in [6, 6.07) is 3.39. The Morgan fingerprint density at radius 1 is 1.41 bits per heavy atom. The maximum atomic E-state index is 13.1. The van der Waals surface area contributed by atoms with Crippen LogP contribution in [0.4, 0.5) is 18.9 Å². The molecule has 0 aliphatic carbocycles. The van der Waals surface area contributed by atoms with Crippen molar-refractivity contribution in [3.05, 3.63) is 39.6 Å². The second kappa shape index (κ2) is 5.66. The van der Waals surface area contributed by atoms with Crippen molar-refractivity contribution in [1.82, 2.24) is 4.98 Å². The lowest BCUT2D eigenvalue weighted by atomic mass is 10.0. The first-order chi connectivity index (χ1) is 10.2. The number of hydrogen-bond acceptors (Lipinski definition) is 4. The first-order valence-electron chi connectivity index (χ1n) is 6.17. The van der Waals surface area contributed by atoms with E-state index in [2.05, 4.69) is 9.72 Å². The fraction of sp³-hybridized carbons (Fsp3) is 0.308. The Kier molecular flexibility index (Phi) is 4.07. The van der Waals surface area contributed by atoms with Gasteiger partial charge in [-0.05, 0) is 18.1 Å². The van der Waals surface area contributed by atoms with Crippen LogP contribution in [0.25, 0.3) is 10.9 Å². The number of nitro groups is 1. The van der Waals surface area contributed by atoms with Crippen LogP contribution in [-0.4, -0.2) is 23.0 Å². The number of hydrogen-bond donors (Lipinski definition) is 1. The molecule has 0 saturated heterocycles. The van der Waals surface area contributed by atoms with Crippen molar-refractivity contribution in [2.45, 2.75) is 19.0 Å². The van der Waals surface area contributed by atoms with Gasteiger partial charge >= 0.3 is 12.1 Å². The number of H-pyrrole nitrogens is 1. The number of ether oxygens (including phenoxy) is 1. The topological polar surface area (TPSA) is 85.2 Å². The van der Waals surface area contributed by atoms with E-state index in [1.165, 1.54) is 6.07 Å². The third kappa shape index (κ3) is 3.02. The highest BCUT2D eigenvalue weighted by molar-refractivity contribution is 5.87. The molecule has 118 valence electrons. The van der Waals surface area contributed by atoms with E-state index in [4.69, 9.17) is 0 Å². The van der Waals surface area contributed by atoms with E-state index < -0.39 is 22.8 Å². The zero-order chi connectivity index (χ0) is 16.5. The number of carbonyl (C=O) groups is 1. The number of benzene rings is 1. The Hall–Kier alpha value is -2.58. The predicted molar refractivity (Wildman–Crippen MR) is 70.3 cm³/mol. The molecule has 0 saturated carbocycles. The van der Waals surface area contributed by atoms with E-state index in [0.717, 1.165) is 19.2 Å². The van der Waals surface area contributed by atoms with Crippen LogP contribution in [0.15, 0.2) is 18.2 Å². The molecule has 0 aliphatic heterocycles. The molecule has 1 heterocycles. The number of nitrogens with zero attached hydrogens (tertiary/aromatic N) is 1. The standard InChI is InChI=1S/C13H11F3N2O4/c1-22-11(19)5-3-8-9-6-7(18(20)21)2-4-10(9)17-12(8)13(14,15)16/h2,4,6,17H,3,5H2,1H3. The summed E-state index contributed by atoms with van der Waals surface area (Å²) in [7, 11) is 1.13. The number of non-ortho nitro benzene ring substituents is 1. The van der Waals surface area contributed by atoms with Crippen LogP contribution in [-0.2, 0) is 22.1 Å². The number of carbonyl (C=O) groups excluding carboxylic acids is 1. The number of aromatic amines is 1. The number of rotatable bonds is 4. The lowest BCUT2D eigenvalue weighted by molar-refractivity contribution is -0.384. The van der Waals surface area contributed by atoms with Crippen LogP contribution in [0.3, 0.4) is 0 Å². The molecule has 0 atom stereocenters. The summed E-state index contributed by atoms with van der Waals surface area (Å²) in [5, 5.41) is 10.8. The Morgan fingerprint density at radius 2 is 2.09 bits per heavy atom. The number of methoxy groups -OCH3 is 1. The number of nitro benzene ring substituents is 1. The number of aryl methyl sites for hydroxylation is 1. The predicted octanol–water partition coefficient (Wildman–Crippen LogP) is 3.20. The van der Waals surface area contributed by atoms with Crippen LogP contribution >= 0.6 is 0 Å². The highest BCUT2D eigenvalue weighted by Gasteiger charge is 2.36. The molecule has 0 aliphatic rings. The molecule has 1 aromatic carbocycles. The summed E-state index contributed by atoms with van der Waals surface area (Å²) >= 11 is 0. The first kappa shape index (κ1) is 15.8. The molecule has 0 spiro atoms. The summed E-state index contributed by atoms with van der Waals surface area (Å²) in [6.07, 6.45) is -5.14. The van der Waals surface area contributed by atoms with Crippen molar-refractivity contribution in [3.8, 4) is 0 Å². The molecule has 6 nitrogen and oxygen atoms in total. The monoisotopic (exact) mass is 316 g/mol. The second-order valence-electron chi connectivity index (χ2n) is 4.54. The van der Waals surface area contributed by atoms with Gasteiger partial charge in [0.15, 0.2) is 0 Å². The zero-order valence-electron chi connectivity index (χ0n) is 11.4. The number of fused-ring (bicyclic) bond motifs is 1. The molecular formula is C13H11F3N2O4.